The normalized spacial score (nSPS) is 10.8. The van der Waals surface area contributed by atoms with Crippen LogP contribution in [0.4, 0.5) is 10.1 Å². The number of anilines is 1. The van der Waals surface area contributed by atoms with Gasteiger partial charge in [0.15, 0.2) is 0 Å². The number of halogens is 1. The average Bonchev–Trinajstić information content (AvgIpc) is 3.24. The van der Waals surface area contributed by atoms with Crippen LogP contribution in [0.15, 0.2) is 48.5 Å². The molecule has 32 heavy (non-hydrogen) atoms. The zero-order chi connectivity index (χ0) is 22.9. The second kappa shape index (κ2) is 11.6. The van der Waals surface area contributed by atoms with Crippen LogP contribution < -0.4 is 15.4 Å². The predicted molar refractivity (Wildman–Crippen MR) is 124 cm³/mol. The molecular formula is C22H23FN4O3S2. The smallest absolute Gasteiger partial charge is 0.286 e. The van der Waals surface area contributed by atoms with Crippen LogP contribution in [-0.4, -0.2) is 33.9 Å². The molecular weight excluding hydrogens is 451 g/mol. The summed E-state index contributed by atoms with van der Waals surface area (Å²) in [6.07, 6.45) is 0.117. The van der Waals surface area contributed by atoms with Crippen molar-refractivity contribution in [1.82, 2.24) is 15.5 Å². The lowest BCUT2D eigenvalue weighted by molar-refractivity contribution is -0.118. The van der Waals surface area contributed by atoms with E-state index in [4.69, 9.17) is 4.74 Å². The van der Waals surface area contributed by atoms with Gasteiger partial charge in [0.2, 0.25) is 10.9 Å². The molecule has 2 amide bonds. The first-order valence-corrected chi connectivity index (χ1v) is 11.9. The summed E-state index contributed by atoms with van der Waals surface area (Å²) in [5.74, 6) is 0.663. The lowest BCUT2D eigenvalue weighted by Gasteiger charge is -2.10. The molecule has 0 saturated heterocycles. The van der Waals surface area contributed by atoms with Crippen molar-refractivity contribution in [3.63, 3.8) is 0 Å². The summed E-state index contributed by atoms with van der Waals surface area (Å²) in [6.45, 7) is 4.38. The van der Waals surface area contributed by atoms with Gasteiger partial charge in [-0.3, -0.25) is 9.59 Å². The van der Waals surface area contributed by atoms with E-state index < -0.39 is 5.91 Å². The Hall–Kier alpha value is -2.98. The van der Waals surface area contributed by atoms with E-state index in [-0.39, 0.29) is 28.6 Å². The number of hydrogen-bond acceptors (Lipinski definition) is 7. The zero-order valence-electron chi connectivity index (χ0n) is 17.6. The third kappa shape index (κ3) is 7.61. The molecule has 0 aliphatic heterocycles. The molecule has 0 fully saturated rings. The van der Waals surface area contributed by atoms with Crippen molar-refractivity contribution in [2.75, 3.05) is 11.1 Å². The van der Waals surface area contributed by atoms with Crippen LogP contribution >= 0.6 is 23.1 Å². The SMILES string of the molecule is CC(C)Oc1ccc(CNC(=O)CSCc2nnc(C(=O)Nc3ccc(F)cc3)s2)cc1. The minimum atomic E-state index is -0.409. The summed E-state index contributed by atoms with van der Waals surface area (Å²) in [5.41, 5.74) is 1.46. The Kier molecular flexibility index (Phi) is 8.57. The summed E-state index contributed by atoms with van der Waals surface area (Å²) in [7, 11) is 0. The van der Waals surface area contributed by atoms with Crippen molar-refractivity contribution in [2.24, 2.45) is 0 Å². The van der Waals surface area contributed by atoms with Crippen LogP contribution in [0.25, 0.3) is 0 Å². The van der Waals surface area contributed by atoms with Gasteiger partial charge in [0.25, 0.3) is 5.91 Å². The second-order valence-corrected chi connectivity index (χ2v) is 9.09. The van der Waals surface area contributed by atoms with E-state index in [0.29, 0.717) is 23.0 Å². The first kappa shape index (κ1) is 23.7. The van der Waals surface area contributed by atoms with Crippen molar-refractivity contribution >= 4 is 40.6 Å². The number of nitrogens with one attached hydrogen (secondary N) is 2. The molecule has 1 heterocycles. The molecule has 0 saturated carbocycles. The first-order valence-electron chi connectivity index (χ1n) is 9.88. The van der Waals surface area contributed by atoms with E-state index in [1.807, 2.05) is 38.1 Å². The molecule has 7 nitrogen and oxygen atoms in total. The number of thioether (sulfide) groups is 1. The maximum atomic E-state index is 12.9. The Morgan fingerprint density at radius 3 is 2.50 bits per heavy atom. The zero-order valence-corrected chi connectivity index (χ0v) is 19.3. The summed E-state index contributed by atoms with van der Waals surface area (Å²) in [5, 5.41) is 14.3. The van der Waals surface area contributed by atoms with Crippen molar-refractivity contribution in [3.8, 4) is 5.75 Å². The van der Waals surface area contributed by atoms with E-state index >= 15 is 0 Å². The summed E-state index contributed by atoms with van der Waals surface area (Å²) in [6, 6.07) is 13.1. The van der Waals surface area contributed by atoms with Gasteiger partial charge in [0.1, 0.15) is 16.6 Å². The fourth-order valence-electron chi connectivity index (χ4n) is 2.56. The maximum absolute atomic E-state index is 12.9. The summed E-state index contributed by atoms with van der Waals surface area (Å²) >= 11 is 2.55. The van der Waals surface area contributed by atoms with E-state index in [1.54, 1.807) is 0 Å². The molecule has 0 aliphatic carbocycles. The standard InChI is InChI=1S/C22H23FN4O3S2/c1-14(2)30-18-9-3-15(4-10-18)11-24-19(28)12-31-13-20-26-27-22(32-20)21(29)25-17-7-5-16(23)6-8-17/h3-10,14H,11-13H2,1-2H3,(H,24,28)(H,25,29). The quantitative estimate of drug-likeness (QED) is 0.456. The lowest BCUT2D eigenvalue weighted by atomic mass is 10.2. The van der Waals surface area contributed by atoms with Crippen LogP contribution in [-0.2, 0) is 17.1 Å². The van der Waals surface area contributed by atoms with Gasteiger partial charge in [-0.1, -0.05) is 23.5 Å². The number of rotatable bonds is 10. The average molecular weight is 475 g/mol. The third-order valence-corrected chi connectivity index (χ3v) is 6.06. The molecule has 2 N–H and O–H groups in total. The van der Waals surface area contributed by atoms with Crippen molar-refractivity contribution in [2.45, 2.75) is 32.2 Å². The fraction of sp³-hybridized carbons (Fsp3) is 0.273. The Morgan fingerprint density at radius 2 is 1.81 bits per heavy atom. The Bertz CT molecular complexity index is 1040. The molecule has 10 heteroatoms. The number of carbonyl (C=O) groups is 2. The van der Waals surface area contributed by atoms with Crippen molar-refractivity contribution in [3.05, 3.63) is 69.9 Å². The number of aromatic nitrogens is 2. The van der Waals surface area contributed by atoms with E-state index in [0.717, 1.165) is 22.6 Å². The molecule has 0 spiro atoms. The Balaban J connectivity index is 1.38. The molecule has 168 valence electrons. The number of nitrogens with zero attached hydrogens (tertiary/aromatic N) is 2. The molecule has 1 aromatic heterocycles. The molecule has 0 bridgehead atoms. The molecule has 3 aromatic rings. The highest BCUT2D eigenvalue weighted by Crippen LogP contribution is 2.18. The molecule has 0 radical (unpaired) electrons. The third-order valence-electron chi connectivity index (χ3n) is 4.01. The topological polar surface area (TPSA) is 93.2 Å². The van der Waals surface area contributed by atoms with Gasteiger partial charge in [-0.05, 0) is 55.8 Å². The largest absolute Gasteiger partial charge is 0.491 e. The van der Waals surface area contributed by atoms with Crippen LogP contribution in [0.3, 0.4) is 0 Å². The van der Waals surface area contributed by atoms with Gasteiger partial charge < -0.3 is 15.4 Å². The van der Waals surface area contributed by atoms with E-state index in [2.05, 4.69) is 20.8 Å². The van der Waals surface area contributed by atoms with Gasteiger partial charge in [-0.15, -0.1) is 22.0 Å². The van der Waals surface area contributed by atoms with E-state index in [9.17, 15) is 14.0 Å². The summed E-state index contributed by atoms with van der Waals surface area (Å²) < 4.78 is 18.5. The monoisotopic (exact) mass is 474 g/mol. The number of carbonyl (C=O) groups excluding carboxylic acids is 2. The van der Waals surface area contributed by atoms with Crippen LogP contribution in [0, 0.1) is 5.82 Å². The molecule has 0 unspecified atom stereocenters. The highest BCUT2D eigenvalue weighted by atomic mass is 32.2. The Morgan fingerprint density at radius 1 is 1.09 bits per heavy atom. The molecule has 0 aliphatic rings. The highest BCUT2D eigenvalue weighted by molar-refractivity contribution is 7.99. The number of ether oxygens (including phenoxy) is 1. The molecule has 3 rings (SSSR count). The van der Waals surface area contributed by atoms with Crippen LogP contribution in [0.2, 0.25) is 0 Å². The predicted octanol–water partition coefficient (Wildman–Crippen LogP) is 4.27. The first-order chi connectivity index (χ1) is 15.4. The van der Waals surface area contributed by atoms with Crippen molar-refractivity contribution < 1.29 is 18.7 Å². The maximum Gasteiger partial charge on any atom is 0.286 e. The minimum absolute atomic E-state index is 0.0868. The van der Waals surface area contributed by atoms with Crippen molar-refractivity contribution in [1.29, 1.82) is 0 Å². The number of benzene rings is 2. The van der Waals surface area contributed by atoms with Gasteiger partial charge in [-0.2, -0.15) is 0 Å². The second-order valence-electron chi connectivity index (χ2n) is 7.04. The van der Waals surface area contributed by atoms with Gasteiger partial charge >= 0.3 is 0 Å². The van der Waals surface area contributed by atoms with Crippen LogP contribution in [0.1, 0.15) is 34.2 Å². The summed E-state index contributed by atoms with van der Waals surface area (Å²) in [4.78, 5) is 24.3. The van der Waals surface area contributed by atoms with Crippen LogP contribution in [0.5, 0.6) is 5.75 Å². The van der Waals surface area contributed by atoms with E-state index in [1.165, 1.54) is 36.0 Å². The number of amides is 2. The minimum Gasteiger partial charge on any atom is -0.491 e. The Labute approximate surface area is 193 Å². The molecule has 2 aromatic carbocycles. The van der Waals surface area contributed by atoms with Gasteiger partial charge in [-0.25, -0.2) is 4.39 Å². The van der Waals surface area contributed by atoms with Gasteiger partial charge in [0.05, 0.1) is 11.9 Å². The number of hydrogen-bond donors (Lipinski definition) is 2. The lowest BCUT2D eigenvalue weighted by Crippen LogP contribution is -2.24. The molecule has 0 atom stereocenters. The highest BCUT2D eigenvalue weighted by Gasteiger charge is 2.14. The van der Waals surface area contributed by atoms with Gasteiger partial charge in [0, 0.05) is 18.0 Å². The fourth-order valence-corrected chi connectivity index (χ4v) is 4.20.